The van der Waals surface area contributed by atoms with Crippen molar-refractivity contribution in [1.29, 1.82) is 0 Å². The highest BCUT2D eigenvalue weighted by molar-refractivity contribution is 5.90. The molecule has 132 valence electrons. The molecule has 0 aliphatic carbocycles. The third kappa shape index (κ3) is 5.38. The zero-order valence-electron chi connectivity index (χ0n) is 14.7. The zero-order valence-corrected chi connectivity index (χ0v) is 14.7. The van der Waals surface area contributed by atoms with E-state index in [9.17, 15) is 9.59 Å². The van der Waals surface area contributed by atoms with Gasteiger partial charge in [-0.15, -0.1) is 0 Å². The number of hydrogen-bond acceptors (Lipinski definition) is 5. The van der Waals surface area contributed by atoms with E-state index in [1.165, 1.54) is 18.0 Å². The van der Waals surface area contributed by atoms with E-state index >= 15 is 0 Å². The van der Waals surface area contributed by atoms with Gasteiger partial charge in [-0.25, -0.2) is 9.78 Å². The Bertz CT molecular complexity index is 702. The van der Waals surface area contributed by atoms with E-state index in [4.69, 9.17) is 4.74 Å². The lowest BCUT2D eigenvalue weighted by atomic mass is 9.96. The molecule has 1 N–H and O–H groups in total. The Morgan fingerprint density at radius 2 is 1.88 bits per heavy atom. The molecule has 2 atom stereocenters. The summed E-state index contributed by atoms with van der Waals surface area (Å²) in [6.45, 7) is 5.88. The van der Waals surface area contributed by atoms with E-state index in [0.717, 1.165) is 6.42 Å². The molecule has 1 aromatic heterocycles. The number of carbonyl (C=O) groups is 2. The van der Waals surface area contributed by atoms with Gasteiger partial charge in [0.1, 0.15) is 0 Å². The number of ether oxygens (including phenoxy) is 1. The van der Waals surface area contributed by atoms with Crippen molar-refractivity contribution in [2.24, 2.45) is 0 Å². The maximum absolute atomic E-state index is 12.2. The van der Waals surface area contributed by atoms with Crippen molar-refractivity contribution in [2.45, 2.75) is 39.2 Å². The molecule has 0 bridgehead atoms. The van der Waals surface area contributed by atoms with E-state index in [1.54, 1.807) is 13.8 Å². The molecule has 0 saturated carbocycles. The van der Waals surface area contributed by atoms with Crippen LogP contribution in [0.4, 0.5) is 0 Å². The predicted octanol–water partition coefficient (Wildman–Crippen LogP) is 2.64. The quantitative estimate of drug-likeness (QED) is 0.783. The number of amides is 1. The predicted molar refractivity (Wildman–Crippen MR) is 94.1 cm³/mol. The van der Waals surface area contributed by atoms with Gasteiger partial charge in [-0.2, -0.15) is 0 Å². The van der Waals surface area contributed by atoms with Crippen LogP contribution in [-0.4, -0.2) is 34.5 Å². The summed E-state index contributed by atoms with van der Waals surface area (Å²) in [5, 5.41) is 2.85. The van der Waals surface area contributed by atoms with Gasteiger partial charge in [-0.1, -0.05) is 37.3 Å². The highest BCUT2D eigenvalue weighted by Crippen LogP contribution is 2.18. The van der Waals surface area contributed by atoms with Gasteiger partial charge in [0.15, 0.2) is 11.8 Å². The third-order valence-electron chi connectivity index (χ3n) is 3.93. The molecule has 2 aromatic rings. The van der Waals surface area contributed by atoms with Crippen molar-refractivity contribution in [2.75, 3.05) is 6.54 Å². The van der Waals surface area contributed by atoms with Crippen LogP contribution in [0, 0.1) is 6.92 Å². The molecule has 0 fully saturated rings. The largest absolute Gasteiger partial charge is 0.448 e. The number of carbonyl (C=O) groups excluding carboxylic acids is 2. The van der Waals surface area contributed by atoms with E-state index in [2.05, 4.69) is 22.2 Å². The lowest BCUT2D eigenvalue weighted by Crippen LogP contribution is -2.38. The summed E-state index contributed by atoms with van der Waals surface area (Å²) in [5.41, 5.74) is 1.96. The molecule has 1 amide bonds. The second-order valence-electron chi connectivity index (χ2n) is 5.85. The number of nitrogens with one attached hydrogen (secondary N) is 1. The normalized spacial score (nSPS) is 12.9. The van der Waals surface area contributed by atoms with Crippen LogP contribution < -0.4 is 5.32 Å². The summed E-state index contributed by atoms with van der Waals surface area (Å²) in [6, 6.07) is 10.0. The topological polar surface area (TPSA) is 81.2 Å². The summed E-state index contributed by atoms with van der Waals surface area (Å²) >= 11 is 0. The molecule has 25 heavy (non-hydrogen) atoms. The minimum Gasteiger partial charge on any atom is -0.448 e. The summed E-state index contributed by atoms with van der Waals surface area (Å²) < 4.78 is 5.16. The van der Waals surface area contributed by atoms with Crippen LogP contribution in [0.25, 0.3) is 0 Å². The van der Waals surface area contributed by atoms with Crippen molar-refractivity contribution in [3.05, 3.63) is 59.7 Å². The molecule has 0 saturated heterocycles. The molecule has 6 heteroatoms. The molecule has 0 radical (unpaired) electrons. The maximum Gasteiger partial charge on any atom is 0.359 e. The SMILES string of the molecule is CC[C@H](CNC(=O)[C@H](C)OC(=O)c1cnc(C)cn1)c1ccccc1. The fourth-order valence-electron chi connectivity index (χ4n) is 2.36. The van der Waals surface area contributed by atoms with Crippen molar-refractivity contribution in [1.82, 2.24) is 15.3 Å². The molecule has 1 aromatic carbocycles. The van der Waals surface area contributed by atoms with Gasteiger partial charge in [-0.05, 0) is 25.8 Å². The minimum atomic E-state index is -0.899. The smallest absolute Gasteiger partial charge is 0.359 e. The second-order valence-corrected chi connectivity index (χ2v) is 5.85. The van der Waals surface area contributed by atoms with E-state index < -0.39 is 12.1 Å². The zero-order chi connectivity index (χ0) is 18.2. The van der Waals surface area contributed by atoms with Crippen LogP contribution in [0.1, 0.15) is 47.9 Å². The second kappa shape index (κ2) is 8.92. The van der Waals surface area contributed by atoms with Gasteiger partial charge in [-0.3, -0.25) is 9.78 Å². The fraction of sp³-hybridized carbons (Fsp3) is 0.368. The molecular formula is C19H23N3O3. The van der Waals surface area contributed by atoms with Crippen molar-refractivity contribution < 1.29 is 14.3 Å². The van der Waals surface area contributed by atoms with Gasteiger partial charge in [0.2, 0.25) is 0 Å². The van der Waals surface area contributed by atoms with Gasteiger partial charge in [0, 0.05) is 18.7 Å². The first kappa shape index (κ1) is 18.6. The standard InChI is InChI=1S/C19H23N3O3/c1-4-15(16-8-6-5-7-9-16)11-22-18(23)14(3)25-19(24)17-12-20-13(2)10-21-17/h5-10,12,14-15H,4,11H2,1-3H3,(H,22,23)/t14-,15+/m0/s1. The summed E-state index contributed by atoms with van der Waals surface area (Å²) in [7, 11) is 0. The van der Waals surface area contributed by atoms with Crippen LogP contribution in [0.15, 0.2) is 42.7 Å². The lowest BCUT2D eigenvalue weighted by molar-refractivity contribution is -0.129. The van der Waals surface area contributed by atoms with Gasteiger partial charge in [0.05, 0.1) is 11.9 Å². The van der Waals surface area contributed by atoms with Crippen molar-refractivity contribution >= 4 is 11.9 Å². The Labute approximate surface area is 147 Å². The maximum atomic E-state index is 12.2. The summed E-state index contributed by atoms with van der Waals surface area (Å²) in [5.74, 6) is -0.774. The number of esters is 1. The van der Waals surface area contributed by atoms with Crippen molar-refractivity contribution in [3.63, 3.8) is 0 Å². The fourth-order valence-corrected chi connectivity index (χ4v) is 2.36. The Morgan fingerprint density at radius 3 is 2.48 bits per heavy atom. The Kier molecular flexibility index (Phi) is 6.62. The first-order valence-corrected chi connectivity index (χ1v) is 8.33. The molecule has 0 aliphatic rings. The first-order chi connectivity index (χ1) is 12.0. The number of benzene rings is 1. The molecule has 0 unspecified atom stereocenters. The lowest BCUT2D eigenvalue weighted by Gasteiger charge is -2.18. The Balaban J connectivity index is 1.87. The van der Waals surface area contributed by atoms with Crippen LogP contribution >= 0.6 is 0 Å². The Hall–Kier alpha value is -2.76. The Morgan fingerprint density at radius 1 is 1.16 bits per heavy atom. The minimum absolute atomic E-state index is 0.0842. The number of rotatable bonds is 7. The van der Waals surface area contributed by atoms with Gasteiger partial charge < -0.3 is 10.1 Å². The van der Waals surface area contributed by atoms with E-state index in [1.807, 2.05) is 30.3 Å². The average Bonchev–Trinajstić information content (AvgIpc) is 2.63. The highest BCUT2D eigenvalue weighted by Gasteiger charge is 2.21. The number of aryl methyl sites for hydroxylation is 1. The first-order valence-electron chi connectivity index (χ1n) is 8.33. The molecule has 0 spiro atoms. The number of aromatic nitrogens is 2. The van der Waals surface area contributed by atoms with Gasteiger partial charge >= 0.3 is 5.97 Å². The van der Waals surface area contributed by atoms with Gasteiger partial charge in [0.25, 0.3) is 5.91 Å². The van der Waals surface area contributed by atoms with Crippen molar-refractivity contribution in [3.8, 4) is 0 Å². The molecule has 2 rings (SSSR count). The summed E-state index contributed by atoms with van der Waals surface area (Å²) in [4.78, 5) is 32.1. The number of nitrogens with zero attached hydrogens (tertiary/aromatic N) is 2. The highest BCUT2D eigenvalue weighted by atomic mass is 16.5. The molecule has 6 nitrogen and oxygen atoms in total. The molecule has 0 aliphatic heterocycles. The van der Waals surface area contributed by atoms with Crippen LogP contribution in [-0.2, 0) is 9.53 Å². The average molecular weight is 341 g/mol. The third-order valence-corrected chi connectivity index (χ3v) is 3.93. The monoisotopic (exact) mass is 341 g/mol. The van der Waals surface area contributed by atoms with E-state index in [-0.39, 0.29) is 17.5 Å². The molecular weight excluding hydrogens is 318 g/mol. The van der Waals surface area contributed by atoms with Crippen LogP contribution in [0.2, 0.25) is 0 Å². The number of hydrogen-bond donors (Lipinski definition) is 1. The summed E-state index contributed by atoms with van der Waals surface area (Å²) in [6.07, 6.45) is 2.82. The van der Waals surface area contributed by atoms with Crippen LogP contribution in [0.3, 0.4) is 0 Å². The van der Waals surface area contributed by atoms with E-state index in [0.29, 0.717) is 12.2 Å². The van der Waals surface area contributed by atoms with Crippen LogP contribution in [0.5, 0.6) is 0 Å². The molecule has 1 heterocycles.